The Morgan fingerprint density at radius 2 is 1.80 bits per heavy atom. The zero-order chi connectivity index (χ0) is 6.85. The van der Waals surface area contributed by atoms with E-state index in [2.05, 4.69) is 25.3 Å². The van der Waals surface area contributed by atoms with Gasteiger partial charge in [0.05, 0.1) is 0 Å². The zero-order valence-corrected chi connectivity index (χ0v) is 13.1. The van der Waals surface area contributed by atoms with Gasteiger partial charge in [0.15, 0.2) is 0 Å². The molecular formula is C7H11BiS2. The number of hydrogen-bond donors (Lipinski definition) is 2. The van der Waals surface area contributed by atoms with Crippen molar-refractivity contribution in [3.8, 4) is 0 Å². The molecule has 1 aromatic carbocycles. The molecule has 0 aliphatic heterocycles. The molecule has 1 rings (SSSR count). The van der Waals surface area contributed by atoms with Gasteiger partial charge < -0.3 is 0 Å². The maximum atomic E-state index is 4.23. The first kappa shape index (κ1) is 10.8. The van der Waals surface area contributed by atoms with Crippen molar-refractivity contribution in [2.75, 3.05) is 0 Å². The minimum absolute atomic E-state index is 0. The second-order valence-electron chi connectivity index (χ2n) is 1.94. The van der Waals surface area contributed by atoms with Gasteiger partial charge in [0.2, 0.25) is 0 Å². The second kappa shape index (κ2) is 4.63. The fraction of sp³-hybridized carbons (Fsp3) is 0.143. The SMILES string of the molecule is Cc1cccc(S)c1S.[BiH3]. The standard InChI is InChI=1S/C7H8S2.Bi.3H/c1-5-3-2-4-6(8)7(5)9;;;;/h2-4,8-9H,1H3;;;;. The van der Waals surface area contributed by atoms with Crippen molar-refractivity contribution in [2.24, 2.45) is 0 Å². The topological polar surface area (TPSA) is 0 Å². The van der Waals surface area contributed by atoms with Crippen LogP contribution in [-0.2, 0) is 0 Å². The van der Waals surface area contributed by atoms with Crippen LogP contribution in [0.5, 0.6) is 0 Å². The zero-order valence-electron chi connectivity index (χ0n) is 5.83. The van der Waals surface area contributed by atoms with Gasteiger partial charge in [-0.3, -0.25) is 0 Å². The van der Waals surface area contributed by atoms with E-state index in [-0.39, 0.29) is 26.2 Å². The van der Waals surface area contributed by atoms with E-state index in [0.29, 0.717) is 0 Å². The van der Waals surface area contributed by atoms with Crippen LogP contribution >= 0.6 is 25.3 Å². The normalized spacial score (nSPS) is 8.70. The predicted octanol–water partition coefficient (Wildman–Crippen LogP) is 1.39. The van der Waals surface area contributed by atoms with Gasteiger partial charge in [-0.25, -0.2) is 0 Å². The second-order valence-corrected chi connectivity index (χ2v) is 2.87. The molecule has 0 radical (unpaired) electrons. The molecule has 0 aliphatic carbocycles. The van der Waals surface area contributed by atoms with Crippen LogP contribution in [0.2, 0.25) is 0 Å². The number of thiol groups is 2. The molecule has 0 nitrogen and oxygen atoms in total. The van der Waals surface area contributed by atoms with Gasteiger partial charge >= 0.3 is 26.2 Å². The van der Waals surface area contributed by atoms with Gasteiger partial charge in [0, 0.05) is 9.79 Å². The van der Waals surface area contributed by atoms with Gasteiger partial charge in [-0.15, -0.1) is 25.3 Å². The molecule has 3 heteroatoms. The van der Waals surface area contributed by atoms with Gasteiger partial charge in [-0.2, -0.15) is 0 Å². The summed E-state index contributed by atoms with van der Waals surface area (Å²) in [6.07, 6.45) is 0. The van der Waals surface area contributed by atoms with Gasteiger partial charge in [0.25, 0.3) is 0 Å². The van der Waals surface area contributed by atoms with Crippen molar-refractivity contribution in [3.05, 3.63) is 23.8 Å². The van der Waals surface area contributed by atoms with Crippen molar-refractivity contribution in [2.45, 2.75) is 16.7 Å². The molecule has 0 spiro atoms. The van der Waals surface area contributed by atoms with E-state index < -0.39 is 0 Å². The van der Waals surface area contributed by atoms with Gasteiger partial charge in [-0.05, 0) is 18.6 Å². The molecule has 0 fully saturated rings. The fourth-order valence-corrected chi connectivity index (χ4v) is 1.05. The molecular weight excluding hydrogens is 357 g/mol. The van der Waals surface area contributed by atoms with E-state index in [0.717, 1.165) is 9.79 Å². The summed E-state index contributed by atoms with van der Waals surface area (Å²) in [6, 6.07) is 5.91. The number of hydrogen-bond acceptors (Lipinski definition) is 2. The summed E-state index contributed by atoms with van der Waals surface area (Å²) in [5, 5.41) is 0. The van der Waals surface area contributed by atoms with Crippen LogP contribution in [0, 0.1) is 6.92 Å². The molecule has 0 unspecified atom stereocenters. The van der Waals surface area contributed by atoms with Crippen molar-refractivity contribution < 1.29 is 0 Å². The van der Waals surface area contributed by atoms with Crippen molar-refractivity contribution in [3.63, 3.8) is 0 Å². The van der Waals surface area contributed by atoms with Crippen molar-refractivity contribution >= 4 is 51.5 Å². The summed E-state index contributed by atoms with van der Waals surface area (Å²) in [5.74, 6) is 0. The first-order chi connectivity index (χ1) is 4.22. The average molecular weight is 368 g/mol. The van der Waals surface area contributed by atoms with Crippen LogP contribution in [0.4, 0.5) is 0 Å². The Morgan fingerprint density at radius 3 is 2.20 bits per heavy atom. The molecule has 56 valence electrons. The third-order valence-corrected chi connectivity index (χ3v) is 2.36. The van der Waals surface area contributed by atoms with Crippen molar-refractivity contribution in [1.82, 2.24) is 0 Å². The monoisotopic (exact) mass is 368 g/mol. The molecule has 0 aromatic heterocycles. The van der Waals surface area contributed by atoms with Crippen LogP contribution in [0.1, 0.15) is 5.56 Å². The Hall–Kier alpha value is 0.803. The number of aryl methyl sites for hydroxylation is 1. The molecule has 0 aliphatic rings. The average Bonchev–Trinajstić information content (AvgIpc) is 1.83. The van der Waals surface area contributed by atoms with Crippen LogP contribution in [0.15, 0.2) is 28.0 Å². The molecule has 0 amide bonds. The van der Waals surface area contributed by atoms with Gasteiger partial charge in [0.1, 0.15) is 0 Å². The Balaban J connectivity index is 0.000000810. The molecule has 0 heterocycles. The Morgan fingerprint density at radius 1 is 1.20 bits per heavy atom. The third kappa shape index (κ3) is 2.45. The first-order valence-electron chi connectivity index (χ1n) is 2.69. The van der Waals surface area contributed by atoms with E-state index in [1.54, 1.807) is 0 Å². The minimum atomic E-state index is 0. The Bertz CT molecular complexity index is 203. The van der Waals surface area contributed by atoms with E-state index in [4.69, 9.17) is 0 Å². The van der Waals surface area contributed by atoms with E-state index in [1.165, 1.54) is 5.56 Å². The van der Waals surface area contributed by atoms with E-state index >= 15 is 0 Å². The molecule has 0 saturated heterocycles. The molecule has 0 N–H and O–H groups in total. The summed E-state index contributed by atoms with van der Waals surface area (Å²) in [7, 11) is 0. The molecule has 10 heavy (non-hydrogen) atoms. The van der Waals surface area contributed by atoms with Crippen LogP contribution in [0.3, 0.4) is 0 Å². The van der Waals surface area contributed by atoms with Crippen molar-refractivity contribution in [1.29, 1.82) is 0 Å². The fourth-order valence-electron chi connectivity index (χ4n) is 0.643. The van der Waals surface area contributed by atoms with Gasteiger partial charge in [-0.1, -0.05) is 12.1 Å². The van der Waals surface area contributed by atoms with Crippen LogP contribution in [0.25, 0.3) is 0 Å². The molecule has 1 aromatic rings. The Kier molecular flexibility index (Phi) is 5.01. The predicted molar refractivity (Wildman–Crippen MR) is 55.6 cm³/mol. The maximum absolute atomic E-state index is 4.23. The molecule has 0 bridgehead atoms. The summed E-state index contributed by atoms with van der Waals surface area (Å²) in [5.41, 5.74) is 1.17. The molecule has 0 atom stereocenters. The third-order valence-electron chi connectivity index (χ3n) is 1.22. The van der Waals surface area contributed by atoms with Crippen LogP contribution in [-0.4, -0.2) is 26.2 Å². The van der Waals surface area contributed by atoms with E-state index in [9.17, 15) is 0 Å². The summed E-state index contributed by atoms with van der Waals surface area (Å²) in [6.45, 7) is 2.02. The first-order valence-corrected chi connectivity index (χ1v) is 3.59. The quantitative estimate of drug-likeness (QED) is 0.502. The summed E-state index contributed by atoms with van der Waals surface area (Å²) in [4.78, 5) is 1.92. The van der Waals surface area contributed by atoms with Crippen LogP contribution < -0.4 is 0 Å². The Labute approximate surface area is 91.4 Å². The van der Waals surface area contributed by atoms with E-state index in [1.807, 2.05) is 25.1 Å². The summed E-state index contributed by atoms with van der Waals surface area (Å²) >= 11 is 8.43. The molecule has 0 saturated carbocycles. The number of rotatable bonds is 0. The summed E-state index contributed by atoms with van der Waals surface area (Å²) < 4.78 is 0. The number of benzene rings is 1.